The van der Waals surface area contributed by atoms with Crippen LogP contribution in [0.3, 0.4) is 0 Å². The Bertz CT molecular complexity index is 663. The minimum Gasteiger partial charge on any atom is -0.337 e. The number of benzene rings is 2. The van der Waals surface area contributed by atoms with Crippen molar-refractivity contribution < 1.29 is 9.72 Å². The first kappa shape index (κ1) is 15.7. The zero-order valence-corrected chi connectivity index (χ0v) is 12.7. The number of nitro groups is 1. The van der Waals surface area contributed by atoms with Gasteiger partial charge in [0.2, 0.25) is 0 Å². The van der Waals surface area contributed by atoms with E-state index in [1.807, 2.05) is 12.1 Å². The molecule has 2 aromatic carbocycles. The van der Waals surface area contributed by atoms with Gasteiger partial charge in [0.05, 0.1) is 4.92 Å². The molecule has 5 nitrogen and oxygen atoms in total. The molecule has 0 saturated heterocycles. The van der Waals surface area contributed by atoms with E-state index in [4.69, 9.17) is 0 Å². The van der Waals surface area contributed by atoms with E-state index in [1.165, 1.54) is 29.8 Å². The molecule has 0 aromatic heterocycles. The van der Waals surface area contributed by atoms with Crippen molar-refractivity contribution in [1.29, 1.82) is 0 Å². The van der Waals surface area contributed by atoms with Crippen LogP contribution in [0, 0.1) is 10.1 Å². The van der Waals surface area contributed by atoms with Crippen molar-refractivity contribution in [2.24, 2.45) is 0 Å². The molecule has 0 unspecified atom stereocenters. The fraction of sp³-hybridized carbons (Fsp3) is 0.235. The van der Waals surface area contributed by atoms with Gasteiger partial charge in [0.15, 0.2) is 0 Å². The van der Waals surface area contributed by atoms with Crippen molar-refractivity contribution in [1.82, 2.24) is 4.90 Å². The monoisotopic (exact) mass is 298 g/mol. The van der Waals surface area contributed by atoms with Gasteiger partial charge in [-0.15, -0.1) is 0 Å². The van der Waals surface area contributed by atoms with Gasteiger partial charge in [0.1, 0.15) is 0 Å². The molecule has 0 atom stereocenters. The average Bonchev–Trinajstić information content (AvgIpc) is 2.55. The lowest BCUT2D eigenvalue weighted by Crippen LogP contribution is -2.26. The quantitative estimate of drug-likeness (QED) is 0.627. The second kappa shape index (κ2) is 6.85. The maximum Gasteiger partial charge on any atom is 0.269 e. The fourth-order valence-electron chi connectivity index (χ4n) is 2.17. The number of amides is 1. The number of hydrogen-bond acceptors (Lipinski definition) is 3. The maximum atomic E-state index is 12.3. The van der Waals surface area contributed by atoms with Crippen LogP contribution >= 0.6 is 0 Å². The summed E-state index contributed by atoms with van der Waals surface area (Å²) < 4.78 is 0. The van der Waals surface area contributed by atoms with Crippen LogP contribution in [-0.2, 0) is 13.0 Å². The summed E-state index contributed by atoms with van der Waals surface area (Å²) in [5, 5.41) is 10.6. The summed E-state index contributed by atoms with van der Waals surface area (Å²) in [7, 11) is 1.72. The van der Waals surface area contributed by atoms with E-state index in [-0.39, 0.29) is 11.6 Å². The highest BCUT2D eigenvalue weighted by atomic mass is 16.6. The third-order valence-electron chi connectivity index (χ3n) is 3.52. The third kappa shape index (κ3) is 3.69. The number of hydrogen-bond donors (Lipinski definition) is 0. The molecule has 0 aliphatic carbocycles. The first-order valence-corrected chi connectivity index (χ1v) is 7.09. The molecule has 0 radical (unpaired) electrons. The number of non-ortho nitro benzene ring substituents is 1. The lowest BCUT2D eigenvalue weighted by molar-refractivity contribution is -0.384. The van der Waals surface area contributed by atoms with E-state index in [2.05, 4.69) is 19.1 Å². The molecular formula is C17H18N2O3. The standard InChI is InChI=1S/C17H18N2O3/c1-3-13-4-6-14(7-5-13)12-18(2)17(20)15-8-10-16(11-9-15)19(21)22/h4-11H,3,12H2,1-2H3. The van der Waals surface area contributed by atoms with Gasteiger partial charge in [0, 0.05) is 31.3 Å². The van der Waals surface area contributed by atoms with Gasteiger partial charge < -0.3 is 4.90 Å². The summed E-state index contributed by atoms with van der Waals surface area (Å²) in [4.78, 5) is 24.0. The Hall–Kier alpha value is -2.69. The fourth-order valence-corrected chi connectivity index (χ4v) is 2.17. The maximum absolute atomic E-state index is 12.3. The van der Waals surface area contributed by atoms with Crippen LogP contribution in [0.4, 0.5) is 5.69 Å². The van der Waals surface area contributed by atoms with Crippen LogP contribution in [0.2, 0.25) is 0 Å². The number of rotatable bonds is 5. The molecule has 0 aliphatic rings. The largest absolute Gasteiger partial charge is 0.337 e. The van der Waals surface area contributed by atoms with Crippen LogP contribution in [0.15, 0.2) is 48.5 Å². The average molecular weight is 298 g/mol. The Labute approximate surface area is 129 Å². The molecule has 0 N–H and O–H groups in total. The third-order valence-corrected chi connectivity index (χ3v) is 3.52. The lowest BCUT2D eigenvalue weighted by Gasteiger charge is -2.17. The number of nitro benzene ring substituents is 1. The van der Waals surface area contributed by atoms with Crippen molar-refractivity contribution in [3.05, 3.63) is 75.3 Å². The van der Waals surface area contributed by atoms with Gasteiger partial charge in [-0.05, 0) is 29.7 Å². The smallest absolute Gasteiger partial charge is 0.269 e. The predicted octanol–water partition coefficient (Wildman–Crippen LogP) is 3.43. The van der Waals surface area contributed by atoms with E-state index in [9.17, 15) is 14.9 Å². The van der Waals surface area contributed by atoms with Crippen LogP contribution in [0.1, 0.15) is 28.4 Å². The summed E-state index contributed by atoms with van der Waals surface area (Å²) in [6.45, 7) is 2.60. The molecule has 114 valence electrons. The molecule has 0 bridgehead atoms. The Balaban J connectivity index is 2.06. The number of nitrogens with zero attached hydrogens (tertiary/aromatic N) is 2. The van der Waals surface area contributed by atoms with E-state index in [0.29, 0.717) is 12.1 Å². The number of carbonyl (C=O) groups is 1. The highest BCUT2D eigenvalue weighted by molar-refractivity contribution is 5.94. The van der Waals surface area contributed by atoms with Gasteiger partial charge >= 0.3 is 0 Å². The molecule has 5 heteroatoms. The Morgan fingerprint density at radius 1 is 1.05 bits per heavy atom. The van der Waals surface area contributed by atoms with Crippen molar-refractivity contribution in [3.63, 3.8) is 0 Å². The first-order chi connectivity index (χ1) is 10.5. The second-order valence-electron chi connectivity index (χ2n) is 5.14. The number of carbonyl (C=O) groups excluding carboxylic acids is 1. The van der Waals surface area contributed by atoms with Crippen LogP contribution in [0.5, 0.6) is 0 Å². The minimum atomic E-state index is -0.479. The van der Waals surface area contributed by atoms with Crippen molar-refractivity contribution in [2.45, 2.75) is 19.9 Å². The van der Waals surface area contributed by atoms with Crippen LogP contribution < -0.4 is 0 Å². The van der Waals surface area contributed by atoms with Gasteiger partial charge in [-0.2, -0.15) is 0 Å². The molecule has 2 rings (SSSR count). The zero-order valence-electron chi connectivity index (χ0n) is 12.7. The zero-order chi connectivity index (χ0) is 16.1. The lowest BCUT2D eigenvalue weighted by atomic mass is 10.1. The van der Waals surface area contributed by atoms with Gasteiger partial charge in [0.25, 0.3) is 11.6 Å². The number of aryl methyl sites for hydroxylation is 1. The Morgan fingerprint density at radius 2 is 1.59 bits per heavy atom. The topological polar surface area (TPSA) is 63.5 Å². The molecule has 0 fully saturated rings. The molecular weight excluding hydrogens is 280 g/mol. The SMILES string of the molecule is CCc1ccc(CN(C)C(=O)c2ccc([N+](=O)[O-])cc2)cc1. The van der Waals surface area contributed by atoms with Gasteiger partial charge in [-0.1, -0.05) is 31.2 Å². The van der Waals surface area contributed by atoms with E-state index < -0.39 is 4.92 Å². The predicted molar refractivity (Wildman–Crippen MR) is 84.7 cm³/mol. The minimum absolute atomic E-state index is 0.0191. The van der Waals surface area contributed by atoms with E-state index in [1.54, 1.807) is 11.9 Å². The normalized spacial score (nSPS) is 10.3. The first-order valence-electron chi connectivity index (χ1n) is 7.09. The molecule has 0 heterocycles. The summed E-state index contributed by atoms with van der Waals surface area (Å²) in [5.74, 6) is -0.158. The highest BCUT2D eigenvalue weighted by Gasteiger charge is 2.13. The summed E-state index contributed by atoms with van der Waals surface area (Å²) in [5.41, 5.74) is 2.73. The van der Waals surface area contributed by atoms with Crippen LogP contribution in [-0.4, -0.2) is 22.8 Å². The summed E-state index contributed by atoms with van der Waals surface area (Å²) in [6, 6.07) is 13.8. The van der Waals surface area contributed by atoms with Crippen molar-refractivity contribution in [2.75, 3.05) is 7.05 Å². The van der Waals surface area contributed by atoms with Gasteiger partial charge in [-0.3, -0.25) is 14.9 Å². The molecule has 0 spiro atoms. The molecule has 0 aliphatic heterocycles. The van der Waals surface area contributed by atoms with E-state index in [0.717, 1.165) is 12.0 Å². The van der Waals surface area contributed by atoms with Gasteiger partial charge in [-0.25, -0.2) is 0 Å². The van der Waals surface area contributed by atoms with Crippen LogP contribution in [0.25, 0.3) is 0 Å². The second-order valence-corrected chi connectivity index (χ2v) is 5.14. The van der Waals surface area contributed by atoms with E-state index >= 15 is 0 Å². The molecule has 2 aromatic rings. The highest BCUT2D eigenvalue weighted by Crippen LogP contribution is 2.14. The van der Waals surface area contributed by atoms with Crippen molar-refractivity contribution >= 4 is 11.6 Å². The Morgan fingerprint density at radius 3 is 2.09 bits per heavy atom. The summed E-state index contributed by atoms with van der Waals surface area (Å²) >= 11 is 0. The molecule has 0 saturated carbocycles. The van der Waals surface area contributed by atoms with Crippen molar-refractivity contribution in [3.8, 4) is 0 Å². The molecule has 1 amide bonds. The Kier molecular flexibility index (Phi) is 4.88. The molecule has 22 heavy (non-hydrogen) atoms. The summed E-state index contributed by atoms with van der Waals surface area (Å²) in [6.07, 6.45) is 0.984.